The number of hydrogen-bond donors (Lipinski definition) is 0. The van der Waals surface area contributed by atoms with Gasteiger partial charge in [-0.1, -0.05) is 17.7 Å². The minimum Gasteiger partial charge on any atom is -0.299 e. The maximum atomic E-state index is 11.0. The number of carbonyl (C=O) groups is 1. The SMILES string of the molecule is C=C.O=C1CCC2=C(C=CCC2)C1. The van der Waals surface area contributed by atoms with Crippen LogP contribution in [0, 0.1) is 0 Å². The fourth-order valence-electron chi connectivity index (χ4n) is 1.82. The molecule has 0 radical (unpaired) electrons. The smallest absolute Gasteiger partial charge is 0.137 e. The molecule has 1 heteroatoms. The summed E-state index contributed by atoms with van der Waals surface area (Å²) < 4.78 is 0. The summed E-state index contributed by atoms with van der Waals surface area (Å²) in [6.07, 6.45) is 9.19. The van der Waals surface area contributed by atoms with Crippen LogP contribution in [-0.4, -0.2) is 5.78 Å². The lowest BCUT2D eigenvalue weighted by atomic mass is 9.85. The maximum Gasteiger partial charge on any atom is 0.137 e. The van der Waals surface area contributed by atoms with Crippen LogP contribution in [0.4, 0.5) is 0 Å². The Bertz CT molecular complexity index is 258. The van der Waals surface area contributed by atoms with E-state index in [1.807, 2.05) is 0 Å². The van der Waals surface area contributed by atoms with Crippen molar-refractivity contribution >= 4 is 5.78 Å². The molecule has 0 unspecified atom stereocenters. The molecular formula is C12H16O. The van der Waals surface area contributed by atoms with Gasteiger partial charge in [0.2, 0.25) is 0 Å². The van der Waals surface area contributed by atoms with Gasteiger partial charge in [-0.3, -0.25) is 4.79 Å². The molecule has 0 N–H and O–H groups in total. The highest BCUT2D eigenvalue weighted by atomic mass is 16.1. The minimum atomic E-state index is 0.412. The van der Waals surface area contributed by atoms with E-state index >= 15 is 0 Å². The molecule has 0 atom stereocenters. The third-order valence-corrected chi connectivity index (χ3v) is 2.48. The molecular weight excluding hydrogens is 160 g/mol. The quantitative estimate of drug-likeness (QED) is 0.518. The molecule has 0 spiro atoms. The van der Waals surface area contributed by atoms with E-state index in [1.54, 1.807) is 0 Å². The number of hydrogen-bond acceptors (Lipinski definition) is 1. The van der Waals surface area contributed by atoms with Crippen molar-refractivity contribution in [1.82, 2.24) is 0 Å². The highest BCUT2D eigenvalue weighted by Gasteiger charge is 2.17. The zero-order valence-corrected chi connectivity index (χ0v) is 8.01. The van der Waals surface area contributed by atoms with E-state index in [0.29, 0.717) is 12.2 Å². The summed E-state index contributed by atoms with van der Waals surface area (Å²) in [6.45, 7) is 6.00. The van der Waals surface area contributed by atoms with Gasteiger partial charge in [-0.15, -0.1) is 13.2 Å². The summed E-state index contributed by atoms with van der Waals surface area (Å²) in [5, 5.41) is 0. The summed E-state index contributed by atoms with van der Waals surface area (Å²) >= 11 is 0. The van der Waals surface area contributed by atoms with Crippen LogP contribution in [0.2, 0.25) is 0 Å². The maximum absolute atomic E-state index is 11.0. The summed E-state index contributed by atoms with van der Waals surface area (Å²) in [5.74, 6) is 0.412. The molecule has 1 nitrogen and oxygen atoms in total. The topological polar surface area (TPSA) is 17.1 Å². The van der Waals surface area contributed by atoms with Crippen LogP contribution >= 0.6 is 0 Å². The molecule has 0 bridgehead atoms. The number of ketones is 1. The molecule has 0 heterocycles. The number of rotatable bonds is 0. The van der Waals surface area contributed by atoms with Crippen molar-refractivity contribution in [1.29, 1.82) is 0 Å². The molecule has 0 aliphatic heterocycles. The Morgan fingerprint density at radius 1 is 1.15 bits per heavy atom. The number of Topliss-reactive ketones (excluding diaryl/α,β-unsaturated/α-hetero) is 1. The fraction of sp³-hybridized carbons (Fsp3) is 0.417. The monoisotopic (exact) mass is 176 g/mol. The van der Waals surface area contributed by atoms with E-state index in [1.165, 1.54) is 24.0 Å². The summed E-state index contributed by atoms with van der Waals surface area (Å²) in [5.41, 5.74) is 2.85. The lowest BCUT2D eigenvalue weighted by Gasteiger charge is -2.19. The van der Waals surface area contributed by atoms with Crippen LogP contribution in [0.1, 0.15) is 32.1 Å². The van der Waals surface area contributed by atoms with E-state index in [2.05, 4.69) is 25.3 Å². The molecule has 0 aromatic heterocycles. The van der Waals surface area contributed by atoms with Gasteiger partial charge in [-0.05, 0) is 24.8 Å². The second-order valence-electron chi connectivity index (χ2n) is 3.29. The van der Waals surface area contributed by atoms with Crippen molar-refractivity contribution in [2.24, 2.45) is 0 Å². The van der Waals surface area contributed by atoms with Crippen LogP contribution in [0.5, 0.6) is 0 Å². The van der Waals surface area contributed by atoms with E-state index in [-0.39, 0.29) is 0 Å². The van der Waals surface area contributed by atoms with Gasteiger partial charge in [0.15, 0.2) is 0 Å². The van der Waals surface area contributed by atoms with Gasteiger partial charge < -0.3 is 0 Å². The predicted octanol–water partition coefficient (Wildman–Crippen LogP) is 3.19. The van der Waals surface area contributed by atoms with E-state index < -0.39 is 0 Å². The van der Waals surface area contributed by atoms with Crippen LogP contribution < -0.4 is 0 Å². The van der Waals surface area contributed by atoms with Gasteiger partial charge in [0.1, 0.15) is 5.78 Å². The Hall–Kier alpha value is -1.11. The standard InChI is InChI=1S/C10H12O.C2H4/c11-10-6-5-8-3-1-2-4-9(8)7-10;1-2/h2,4H,1,3,5-7H2;1-2H2. The van der Waals surface area contributed by atoms with Gasteiger partial charge >= 0.3 is 0 Å². The normalized spacial score (nSPS) is 20.5. The zero-order chi connectivity index (χ0) is 9.68. The Labute approximate surface area is 79.8 Å². The van der Waals surface area contributed by atoms with E-state index in [9.17, 15) is 4.79 Å². The molecule has 2 aliphatic carbocycles. The molecule has 0 aromatic rings. The average Bonchev–Trinajstić information content (AvgIpc) is 2.21. The van der Waals surface area contributed by atoms with Crippen molar-refractivity contribution < 1.29 is 4.79 Å². The molecule has 0 saturated carbocycles. The van der Waals surface area contributed by atoms with E-state index in [4.69, 9.17) is 0 Å². The fourth-order valence-corrected chi connectivity index (χ4v) is 1.82. The average molecular weight is 176 g/mol. The molecule has 13 heavy (non-hydrogen) atoms. The van der Waals surface area contributed by atoms with Crippen LogP contribution in [0.15, 0.2) is 36.5 Å². The molecule has 2 rings (SSSR count). The number of carbonyl (C=O) groups excluding carboxylic acids is 1. The van der Waals surface area contributed by atoms with E-state index in [0.717, 1.165) is 12.8 Å². The minimum absolute atomic E-state index is 0.412. The van der Waals surface area contributed by atoms with Crippen molar-refractivity contribution in [2.45, 2.75) is 32.1 Å². The second kappa shape index (κ2) is 4.80. The largest absolute Gasteiger partial charge is 0.299 e. The van der Waals surface area contributed by atoms with Gasteiger partial charge in [0.05, 0.1) is 0 Å². The zero-order valence-electron chi connectivity index (χ0n) is 8.01. The van der Waals surface area contributed by atoms with Gasteiger partial charge in [-0.2, -0.15) is 0 Å². The molecule has 0 amide bonds. The summed E-state index contributed by atoms with van der Waals surface area (Å²) in [7, 11) is 0. The lowest BCUT2D eigenvalue weighted by Crippen LogP contribution is -2.10. The summed E-state index contributed by atoms with van der Waals surface area (Å²) in [4.78, 5) is 11.0. The van der Waals surface area contributed by atoms with Gasteiger partial charge in [-0.25, -0.2) is 0 Å². The van der Waals surface area contributed by atoms with Gasteiger partial charge in [0, 0.05) is 12.8 Å². The molecule has 0 aromatic carbocycles. The lowest BCUT2D eigenvalue weighted by molar-refractivity contribution is -0.118. The van der Waals surface area contributed by atoms with Crippen LogP contribution in [0.3, 0.4) is 0 Å². The van der Waals surface area contributed by atoms with Crippen LogP contribution in [0.25, 0.3) is 0 Å². The third-order valence-electron chi connectivity index (χ3n) is 2.48. The Kier molecular flexibility index (Phi) is 3.69. The van der Waals surface area contributed by atoms with Crippen molar-refractivity contribution in [2.75, 3.05) is 0 Å². The van der Waals surface area contributed by atoms with Gasteiger partial charge in [0.25, 0.3) is 0 Å². The first-order valence-electron chi connectivity index (χ1n) is 4.75. The highest BCUT2D eigenvalue weighted by Crippen LogP contribution is 2.29. The Morgan fingerprint density at radius 2 is 1.92 bits per heavy atom. The summed E-state index contributed by atoms with van der Waals surface area (Å²) in [6, 6.07) is 0. The third kappa shape index (κ3) is 2.41. The predicted molar refractivity (Wildman–Crippen MR) is 55.5 cm³/mol. The first-order chi connectivity index (χ1) is 6.36. The molecule has 0 fully saturated rings. The highest BCUT2D eigenvalue weighted by molar-refractivity contribution is 5.83. The van der Waals surface area contributed by atoms with Crippen LogP contribution in [-0.2, 0) is 4.79 Å². The van der Waals surface area contributed by atoms with Crippen molar-refractivity contribution in [3.63, 3.8) is 0 Å². The van der Waals surface area contributed by atoms with Crippen molar-refractivity contribution in [3.05, 3.63) is 36.5 Å². The molecule has 0 saturated heterocycles. The van der Waals surface area contributed by atoms with Crippen molar-refractivity contribution in [3.8, 4) is 0 Å². The first kappa shape index (κ1) is 9.97. The molecule has 2 aliphatic rings. The Morgan fingerprint density at radius 3 is 2.69 bits per heavy atom. The Balaban J connectivity index is 0.000000396. The molecule has 70 valence electrons. The second-order valence-corrected chi connectivity index (χ2v) is 3.29. The number of allylic oxidation sites excluding steroid dienone is 4. The first-order valence-corrected chi connectivity index (χ1v) is 4.75.